The normalized spacial score (nSPS) is 11.5. The summed E-state index contributed by atoms with van der Waals surface area (Å²) in [5.74, 6) is -0.0227. The van der Waals surface area contributed by atoms with Crippen LogP contribution in [0.1, 0.15) is 23.6 Å². The summed E-state index contributed by atoms with van der Waals surface area (Å²) in [4.78, 5) is 25.0. The molecular formula is C20H20N4O2. The van der Waals surface area contributed by atoms with E-state index in [9.17, 15) is 9.59 Å². The minimum Gasteiger partial charge on any atom is -0.341 e. The van der Waals surface area contributed by atoms with Crippen LogP contribution in [0.3, 0.4) is 0 Å². The fourth-order valence-electron chi connectivity index (χ4n) is 2.61. The maximum absolute atomic E-state index is 12.6. The first-order valence-corrected chi connectivity index (χ1v) is 8.41. The van der Waals surface area contributed by atoms with Crippen LogP contribution in [0.15, 0.2) is 72.9 Å². The van der Waals surface area contributed by atoms with E-state index in [1.165, 1.54) is 0 Å². The maximum Gasteiger partial charge on any atom is 0.252 e. The summed E-state index contributed by atoms with van der Waals surface area (Å²) in [5.41, 5.74) is 1.80. The van der Waals surface area contributed by atoms with Crippen LogP contribution in [0.5, 0.6) is 0 Å². The van der Waals surface area contributed by atoms with E-state index in [2.05, 4.69) is 20.8 Å². The number of hydrogen-bond acceptors (Lipinski definition) is 3. The summed E-state index contributed by atoms with van der Waals surface area (Å²) in [7, 11) is 0. The third kappa shape index (κ3) is 4.80. The molecule has 6 heteroatoms. The van der Waals surface area contributed by atoms with E-state index in [0.29, 0.717) is 18.7 Å². The molecule has 0 bridgehead atoms. The summed E-state index contributed by atoms with van der Waals surface area (Å²) in [6.45, 7) is 0. The molecule has 6 nitrogen and oxygen atoms in total. The Balaban J connectivity index is 1.67. The average Bonchev–Trinajstić information content (AvgIpc) is 3.19. The van der Waals surface area contributed by atoms with Gasteiger partial charge in [0.05, 0.1) is 6.20 Å². The lowest BCUT2D eigenvalue weighted by Gasteiger charge is -2.18. The number of aryl methyl sites for hydroxylation is 1. The van der Waals surface area contributed by atoms with E-state index in [1.807, 2.05) is 60.7 Å². The van der Waals surface area contributed by atoms with Crippen LogP contribution in [0, 0.1) is 0 Å². The van der Waals surface area contributed by atoms with Crippen molar-refractivity contribution in [3.63, 3.8) is 0 Å². The number of nitrogens with one attached hydrogen (secondary N) is 3. The zero-order valence-corrected chi connectivity index (χ0v) is 14.2. The summed E-state index contributed by atoms with van der Waals surface area (Å²) in [6.07, 6.45) is 2.48. The molecule has 0 saturated carbocycles. The molecule has 132 valence electrons. The summed E-state index contributed by atoms with van der Waals surface area (Å²) >= 11 is 0. The van der Waals surface area contributed by atoms with Crippen molar-refractivity contribution in [1.29, 1.82) is 0 Å². The van der Waals surface area contributed by atoms with Crippen molar-refractivity contribution >= 4 is 17.6 Å². The summed E-state index contributed by atoms with van der Waals surface area (Å²) in [5, 5.41) is 12.0. The van der Waals surface area contributed by atoms with Crippen molar-refractivity contribution in [2.24, 2.45) is 0 Å². The number of amides is 2. The van der Waals surface area contributed by atoms with Crippen LogP contribution in [0.25, 0.3) is 0 Å². The van der Waals surface area contributed by atoms with Crippen LogP contribution in [-0.2, 0) is 16.0 Å². The summed E-state index contributed by atoms with van der Waals surface area (Å²) in [6, 6.07) is 19.8. The third-order valence-electron chi connectivity index (χ3n) is 3.94. The molecule has 26 heavy (non-hydrogen) atoms. The second-order valence-electron chi connectivity index (χ2n) is 5.86. The number of nitrogens with zero attached hydrogens (tertiary/aromatic N) is 1. The van der Waals surface area contributed by atoms with Crippen molar-refractivity contribution in [3.05, 3.63) is 84.1 Å². The van der Waals surface area contributed by atoms with Gasteiger partial charge in [0, 0.05) is 12.5 Å². The minimum absolute atomic E-state index is 0.178. The molecule has 2 amide bonds. The van der Waals surface area contributed by atoms with E-state index in [4.69, 9.17) is 0 Å². The largest absolute Gasteiger partial charge is 0.341 e. The quantitative estimate of drug-likeness (QED) is 0.613. The molecule has 0 saturated heterocycles. The van der Waals surface area contributed by atoms with Gasteiger partial charge in [-0.1, -0.05) is 60.7 Å². The van der Waals surface area contributed by atoms with E-state index >= 15 is 0 Å². The SMILES string of the molecule is O=C(CCc1ccccc1)N[C@@H](C(=O)Nc1ccn[nH]1)c1ccccc1. The molecule has 0 fully saturated rings. The molecular weight excluding hydrogens is 328 g/mol. The lowest BCUT2D eigenvalue weighted by atomic mass is 10.0. The molecule has 1 atom stereocenters. The monoisotopic (exact) mass is 348 g/mol. The van der Waals surface area contributed by atoms with Gasteiger partial charge >= 0.3 is 0 Å². The lowest BCUT2D eigenvalue weighted by molar-refractivity contribution is -0.126. The Morgan fingerprint density at radius 1 is 0.962 bits per heavy atom. The number of aromatic nitrogens is 2. The van der Waals surface area contributed by atoms with Crippen LogP contribution in [-0.4, -0.2) is 22.0 Å². The highest BCUT2D eigenvalue weighted by Crippen LogP contribution is 2.15. The first-order chi connectivity index (χ1) is 12.7. The van der Waals surface area contributed by atoms with Gasteiger partial charge in [-0.15, -0.1) is 0 Å². The zero-order chi connectivity index (χ0) is 18.2. The van der Waals surface area contributed by atoms with Gasteiger partial charge in [-0.05, 0) is 17.5 Å². The number of benzene rings is 2. The highest BCUT2D eigenvalue weighted by Gasteiger charge is 2.23. The van der Waals surface area contributed by atoms with Crippen LogP contribution in [0.4, 0.5) is 5.82 Å². The Bertz CT molecular complexity index is 833. The molecule has 3 aromatic rings. The second kappa shape index (κ2) is 8.62. The van der Waals surface area contributed by atoms with Gasteiger partial charge < -0.3 is 10.6 Å². The van der Waals surface area contributed by atoms with E-state index in [0.717, 1.165) is 11.1 Å². The van der Waals surface area contributed by atoms with Gasteiger partial charge in [0.1, 0.15) is 11.9 Å². The maximum atomic E-state index is 12.6. The van der Waals surface area contributed by atoms with E-state index < -0.39 is 6.04 Å². The number of H-pyrrole nitrogens is 1. The first-order valence-electron chi connectivity index (χ1n) is 8.41. The van der Waals surface area contributed by atoms with Gasteiger partial charge in [-0.2, -0.15) is 5.10 Å². The molecule has 0 unspecified atom stereocenters. The van der Waals surface area contributed by atoms with Gasteiger partial charge in [0.25, 0.3) is 5.91 Å². The fourth-order valence-corrected chi connectivity index (χ4v) is 2.61. The average molecular weight is 348 g/mol. The third-order valence-corrected chi connectivity index (χ3v) is 3.94. The number of rotatable bonds is 7. The number of carbonyl (C=O) groups is 2. The van der Waals surface area contributed by atoms with Crippen molar-refractivity contribution in [2.75, 3.05) is 5.32 Å². The van der Waals surface area contributed by atoms with Crippen LogP contribution >= 0.6 is 0 Å². The molecule has 3 N–H and O–H groups in total. The molecule has 0 aliphatic heterocycles. The van der Waals surface area contributed by atoms with E-state index in [-0.39, 0.29) is 11.8 Å². The minimum atomic E-state index is -0.775. The van der Waals surface area contributed by atoms with Gasteiger partial charge in [0.15, 0.2) is 0 Å². The zero-order valence-electron chi connectivity index (χ0n) is 14.2. The Morgan fingerprint density at radius 3 is 2.31 bits per heavy atom. The molecule has 3 rings (SSSR count). The standard InChI is InChI=1S/C20H20N4O2/c25-18(12-11-15-7-3-1-4-8-15)23-19(16-9-5-2-6-10-16)20(26)22-17-13-14-21-24-17/h1-10,13-14,19H,11-12H2,(H,23,25)(H2,21,22,24,26)/t19-/m1/s1. The Kier molecular flexibility index (Phi) is 5.77. The van der Waals surface area contributed by atoms with E-state index in [1.54, 1.807) is 12.3 Å². The Morgan fingerprint density at radius 2 is 1.65 bits per heavy atom. The highest BCUT2D eigenvalue weighted by atomic mass is 16.2. The fraction of sp³-hybridized carbons (Fsp3) is 0.150. The topological polar surface area (TPSA) is 86.9 Å². The lowest BCUT2D eigenvalue weighted by Crippen LogP contribution is -2.37. The van der Waals surface area contributed by atoms with Gasteiger partial charge in [0.2, 0.25) is 5.91 Å². The summed E-state index contributed by atoms with van der Waals surface area (Å²) < 4.78 is 0. The predicted molar refractivity (Wildman–Crippen MR) is 99.3 cm³/mol. The van der Waals surface area contributed by atoms with Crippen LogP contribution in [0.2, 0.25) is 0 Å². The molecule has 1 heterocycles. The second-order valence-corrected chi connectivity index (χ2v) is 5.86. The Labute approximate surface area is 151 Å². The smallest absolute Gasteiger partial charge is 0.252 e. The molecule has 1 aromatic heterocycles. The number of hydrogen-bond donors (Lipinski definition) is 3. The number of aromatic amines is 1. The molecule has 0 aliphatic rings. The van der Waals surface area contributed by atoms with Crippen molar-refractivity contribution in [3.8, 4) is 0 Å². The predicted octanol–water partition coefficient (Wildman–Crippen LogP) is 2.84. The molecule has 0 radical (unpaired) electrons. The Hall–Kier alpha value is -3.41. The van der Waals surface area contributed by atoms with Crippen LogP contribution < -0.4 is 10.6 Å². The molecule has 2 aromatic carbocycles. The van der Waals surface area contributed by atoms with Crippen molar-refractivity contribution < 1.29 is 9.59 Å². The molecule has 0 spiro atoms. The number of carbonyl (C=O) groups excluding carboxylic acids is 2. The highest BCUT2D eigenvalue weighted by molar-refractivity contribution is 5.97. The van der Waals surface area contributed by atoms with Gasteiger partial charge in [-0.25, -0.2) is 0 Å². The molecule has 0 aliphatic carbocycles. The van der Waals surface area contributed by atoms with Crippen molar-refractivity contribution in [1.82, 2.24) is 15.5 Å². The van der Waals surface area contributed by atoms with Crippen molar-refractivity contribution in [2.45, 2.75) is 18.9 Å². The number of anilines is 1. The van der Waals surface area contributed by atoms with Gasteiger partial charge in [-0.3, -0.25) is 14.7 Å². The first kappa shape index (κ1) is 17.4.